The van der Waals surface area contributed by atoms with Crippen LogP contribution in [0.2, 0.25) is 0 Å². The molecule has 0 saturated heterocycles. The predicted octanol–water partition coefficient (Wildman–Crippen LogP) is 1.89. The second-order valence-corrected chi connectivity index (χ2v) is 3.32. The molecule has 1 rings (SSSR count). The van der Waals surface area contributed by atoms with Crippen LogP contribution in [0.1, 0.15) is 5.56 Å². The molecular formula is C8H9OS-. The molecule has 0 aromatic heterocycles. The molecule has 0 heterocycles. The Bertz CT molecular complexity index is 238. The molecule has 54 valence electrons. The number of benzene rings is 1. The SMILES string of the molecule is [CH2-]S(=O)c1ccc(C)cc1. The number of aryl methyl sites for hydroxylation is 1. The topological polar surface area (TPSA) is 17.1 Å². The lowest BCUT2D eigenvalue weighted by atomic mass is 10.2. The van der Waals surface area contributed by atoms with Crippen LogP contribution in [-0.4, -0.2) is 4.21 Å². The van der Waals surface area contributed by atoms with Crippen molar-refractivity contribution in [2.24, 2.45) is 0 Å². The molecule has 0 amide bonds. The van der Waals surface area contributed by atoms with Crippen molar-refractivity contribution in [1.82, 2.24) is 0 Å². The predicted molar refractivity (Wildman–Crippen MR) is 42.9 cm³/mol. The molecule has 1 aromatic rings. The molecule has 0 saturated carbocycles. The van der Waals surface area contributed by atoms with Crippen molar-refractivity contribution >= 4 is 10.8 Å². The van der Waals surface area contributed by atoms with E-state index in [0.29, 0.717) is 0 Å². The molecule has 0 N–H and O–H groups in total. The summed E-state index contributed by atoms with van der Waals surface area (Å²) in [5.74, 6) is 0. The molecule has 1 nitrogen and oxygen atoms in total. The summed E-state index contributed by atoms with van der Waals surface area (Å²) in [6.45, 7) is 2.00. The third-order valence-electron chi connectivity index (χ3n) is 1.28. The summed E-state index contributed by atoms with van der Waals surface area (Å²) in [7, 11) is -1.09. The molecule has 0 bridgehead atoms. The Morgan fingerprint density at radius 3 is 2.20 bits per heavy atom. The summed E-state index contributed by atoms with van der Waals surface area (Å²) in [4.78, 5) is 0.783. The van der Waals surface area contributed by atoms with Gasteiger partial charge in [0.2, 0.25) is 0 Å². The monoisotopic (exact) mass is 153 g/mol. The van der Waals surface area contributed by atoms with Gasteiger partial charge >= 0.3 is 0 Å². The van der Waals surface area contributed by atoms with Crippen molar-refractivity contribution < 1.29 is 4.21 Å². The first-order valence-corrected chi connectivity index (χ1v) is 4.30. The highest BCUT2D eigenvalue weighted by Gasteiger charge is 1.88. The Morgan fingerprint density at radius 2 is 1.80 bits per heavy atom. The second-order valence-electron chi connectivity index (χ2n) is 2.16. The van der Waals surface area contributed by atoms with Crippen molar-refractivity contribution in [3.8, 4) is 0 Å². The van der Waals surface area contributed by atoms with Gasteiger partial charge in [-0.1, -0.05) is 17.7 Å². The lowest BCUT2D eigenvalue weighted by Gasteiger charge is -2.00. The van der Waals surface area contributed by atoms with E-state index in [4.69, 9.17) is 0 Å². The molecule has 2 heteroatoms. The summed E-state index contributed by atoms with van der Waals surface area (Å²) < 4.78 is 10.8. The highest BCUT2D eigenvalue weighted by molar-refractivity contribution is 7.86. The quantitative estimate of drug-likeness (QED) is 0.563. The summed E-state index contributed by atoms with van der Waals surface area (Å²) >= 11 is 0. The van der Waals surface area contributed by atoms with Crippen molar-refractivity contribution in [1.29, 1.82) is 0 Å². The maximum Gasteiger partial charge on any atom is 0.00631 e. The van der Waals surface area contributed by atoms with Crippen LogP contribution in [-0.2, 0) is 10.8 Å². The largest absolute Gasteiger partial charge is 0.290 e. The first-order chi connectivity index (χ1) is 4.70. The van der Waals surface area contributed by atoms with Crippen LogP contribution >= 0.6 is 0 Å². The van der Waals surface area contributed by atoms with E-state index in [2.05, 4.69) is 6.26 Å². The van der Waals surface area contributed by atoms with Gasteiger partial charge in [0, 0.05) is 4.90 Å². The summed E-state index contributed by atoms with van der Waals surface area (Å²) in [6, 6.07) is 7.52. The van der Waals surface area contributed by atoms with Gasteiger partial charge in [0.05, 0.1) is 0 Å². The van der Waals surface area contributed by atoms with Gasteiger partial charge in [0.1, 0.15) is 0 Å². The van der Waals surface area contributed by atoms with Gasteiger partial charge in [0.15, 0.2) is 0 Å². The lowest BCUT2D eigenvalue weighted by Crippen LogP contribution is -1.83. The third kappa shape index (κ3) is 1.67. The van der Waals surface area contributed by atoms with Gasteiger partial charge in [-0.2, -0.15) is 0 Å². The Labute approximate surface area is 63.5 Å². The summed E-state index contributed by atoms with van der Waals surface area (Å²) in [6.07, 6.45) is 3.41. The molecule has 0 spiro atoms. The van der Waals surface area contributed by atoms with Crippen LogP contribution in [0.15, 0.2) is 29.2 Å². The van der Waals surface area contributed by atoms with Crippen LogP contribution in [0.25, 0.3) is 0 Å². The molecule has 0 radical (unpaired) electrons. The fourth-order valence-electron chi connectivity index (χ4n) is 0.690. The maximum absolute atomic E-state index is 10.8. The zero-order valence-electron chi connectivity index (χ0n) is 5.83. The number of rotatable bonds is 1. The zero-order valence-corrected chi connectivity index (χ0v) is 6.65. The molecule has 0 aliphatic rings. The van der Waals surface area contributed by atoms with Gasteiger partial charge in [-0.15, -0.1) is 10.8 Å². The Balaban J connectivity index is 3.00. The van der Waals surface area contributed by atoms with Crippen molar-refractivity contribution in [3.05, 3.63) is 36.1 Å². The van der Waals surface area contributed by atoms with Gasteiger partial charge < -0.3 is 0 Å². The highest BCUT2D eigenvalue weighted by Crippen LogP contribution is 2.06. The first-order valence-electron chi connectivity index (χ1n) is 2.98. The van der Waals surface area contributed by atoms with Gasteiger partial charge in [-0.3, -0.25) is 4.21 Å². The molecule has 1 atom stereocenters. The summed E-state index contributed by atoms with van der Waals surface area (Å²) in [5.41, 5.74) is 1.18. The van der Waals surface area contributed by atoms with E-state index >= 15 is 0 Å². The van der Waals surface area contributed by atoms with Crippen LogP contribution < -0.4 is 0 Å². The average Bonchev–Trinajstić information content (AvgIpc) is 1.88. The highest BCUT2D eigenvalue weighted by atomic mass is 32.2. The minimum Gasteiger partial charge on any atom is -0.290 e. The Kier molecular flexibility index (Phi) is 2.22. The maximum atomic E-state index is 10.8. The van der Waals surface area contributed by atoms with E-state index in [1.165, 1.54) is 5.56 Å². The van der Waals surface area contributed by atoms with Gasteiger partial charge in [-0.25, -0.2) is 6.26 Å². The normalized spacial score (nSPS) is 13.0. The molecule has 0 fully saturated rings. The van der Waals surface area contributed by atoms with E-state index in [1.807, 2.05) is 31.2 Å². The van der Waals surface area contributed by atoms with E-state index in [0.717, 1.165) is 4.90 Å². The van der Waals surface area contributed by atoms with Crippen molar-refractivity contribution in [3.63, 3.8) is 0 Å². The van der Waals surface area contributed by atoms with E-state index in [-0.39, 0.29) is 0 Å². The fourth-order valence-corrected chi connectivity index (χ4v) is 1.13. The minimum absolute atomic E-state index is 0.783. The number of hydrogen-bond acceptors (Lipinski definition) is 1. The van der Waals surface area contributed by atoms with E-state index in [9.17, 15) is 4.21 Å². The lowest BCUT2D eigenvalue weighted by molar-refractivity contribution is 0.688. The van der Waals surface area contributed by atoms with E-state index in [1.54, 1.807) is 0 Å². The average molecular weight is 153 g/mol. The van der Waals surface area contributed by atoms with Crippen LogP contribution in [0.3, 0.4) is 0 Å². The van der Waals surface area contributed by atoms with Gasteiger partial charge in [0.25, 0.3) is 0 Å². The van der Waals surface area contributed by atoms with Crippen LogP contribution in [0.4, 0.5) is 0 Å². The molecular weight excluding hydrogens is 144 g/mol. The third-order valence-corrected chi connectivity index (χ3v) is 2.08. The molecule has 1 aromatic carbocycles. The van der Waals surface area contributed by atoms with E-state index < -0.39 is 10.8 Å². The van der Waals surface area contributed by atoms with Crippen molar-refractivity contribution in [2.45, 2.75) is 11.8 Å². The molecule has 10 heavy (non-hydrogen) atoms. The van der Waals surface area contributed by atoms with Crippen molar-refractivity contribution in [2.75, 3.05) is 0 Å². The first kappa shape index (κ1) is 7.48. The Morgan fingerprint density at radius 1 is 1.30 bits per heavy atom. The minimum atomic E-state index is -1.09. The smallest absolute Gasteiger partial charge is 0.00631 e. The molecule has 1 unspecified atom stereocenters. The number of hydrogen-bond donors (Lipinski definition) is 0. The molecule has 0 aliphatic carbocycles. The molecule has 0 aliphatic heterocycles. The van der Waals surface area contributed by atoms with Crippen LogP contribution in [0.5, 0.6) is 0 Å². The Hall–Kier alpha value is -0.630. The standard InChI is InChI=1S/C8H9OS/c1-7-3-5-8(6-4-7)10(2)9/h3-6H,2H2,1H3/q-1. The van der Waals surface area contributed by atoms with Gasteiger partial charge in [-0.05, 0) is 19.1 Å². The summed E-state index contributed by atoms with van der Waals surface area (Å²) in [5, 5.41) is 0. The zero-order chi connectivity index (χ0) is 7.56. The fraction of sp³-hybridized carbons (Fsp3) is 0.125. The second kappa shape index (κ2) is 2.97. The van der Waals surface area contributed by atoms with Crippen LogP contribution in [0, 0.1) is 13.2 Å².